The maximum absolute atomic E-state index is 12.4. The van der Waals surface area contributed by atoms with Crippen LogP contribution in [0.3, 0.4) is 0 Å². The van der Waals surface area contributed by atoms with Gasteiger partial charge in [-0.05, 0) is 32.0 Å². The van der Waals surface area contributed by atoms with Crippen LogP contribution in [0, 0.1) is 0 Å². The summed E-state index contributed by atoms with van der Waals surface area (Å²) < 4.78 is 35.9. The number of amides is 2. The average Bonchev–Trinajstić information content (AvgIpc) is 2.99. The van der Waals surface area contributed by atoms with Crippen molar-refractivity contribution in [3.05, 3.63) is 35.7 Å². The molecule has 0 fully saturated rings. The monoisotopic (exact) mass is 368 g/mol. The Hall–Kier alpha value is -3.17. The van der Waals surface area contributed by atoms with E-state index in [-0.39, 0.29) is 35.1 Å². The van der Waals surface area contributed by atoms with Gasteiger partial charge < -0.3 is 20.5 Å². The third-order valence-electron chi connectivity index (χ3n) is 3.29. The number of anilines is 1. The number of carbonyl (C=O) groups is 2. The van der Waals surface area contributed by atoms with E-state index in [1.165, 1.54) is 29.1 Å². The van der Waals surface area contributed by atoms with E-state index in [2.05, 4.69) is 15.2 Å². The quantitative estimate of drug-likeness (QED) is 0.743. The minimum atomic E-state index is -3.02. The molecule has 8 nitrogen and oxygen atoms in total. The molecule has 0 radical (unpaired) electrons. The number of aromatic nitrogens is 2. The predicted molar refractivity (Wildman–Crippen MR) is 88.6 cm³/mol. The largest absolute Gasteiger partial charge is 0.490 e. The molecular formula is C16H18F2N4O4. The molecule has 2 aromatic rings. The Kier molecular flexibility index (Phi) is 6.10. The number of benzene rings is 1. The van der Waals surface area contributed by atoms with E-state index < -0.39 is 18.4 Å². The van der Waals surface area contributed by atoms with Crippen molar-refractivity contribution in [3.63, 3.8) is 0 Å². The van der Waals surface area contributed by atoms with Crippen LogP contribution in [0.5, 0.6) is 11.5 Å². The summed E-state index contributed by atoms with van der Waals surface area (Å²) >= 11 is 0. The second kappa shape index (κ2) is 8.28. The van der Waals surface area contributed by atoms with Crippen molar-refractivity contribution >= 4 is 17.5 Å². The standard InChI is InChI=1S/C16H18F2N4O4/c1-3-22-8-10(13(21-22)14(19)23)20-15(24)9-5-6-11(26-16(17)18)12(7-9)25-4-2/h5-8,16H,3-4H2,1-2H3,(H2,19,23)(H,20,24). The van der Waals surface area contributed by atoms with Crippen molar-refractivity contribution in [1.29, 1.82) is 0 Å². The number of halogens is 2. The van der Waals surface area contributed by atoms with Gasteiger partial charge in [0, 0.05) is 18.3 Å². The first-order valence-corrected chi connectivity index (χ1v) is 7.75. The maximum atomic E-state index is 12.4. The molecule has 1 heterocycles. The number of nitrogens with one attached hydrogen (secondary N) is 1. The molecule has 1 aromatic carbocycles. The normalized spacial score (nSPS) is 10.7. The lowest BCUT2D eigenvalue weighted by molar-refractivity contribution is -0.0514. The van der Waals surface area contributed by atoms with Gasteiger partial charge in [0.05, 0.1) is 12.3 Å². The van der Waals surface area contributed by atoms with Crippen molar-refractivity contribution in [1.82, 2.24) is 9.78 Å². The maximum Gasteiger partial charge on any atom is 0.387 e. The molecule has 10 heteroatoms. The minimum Gasteiger partial charge on any atom is -0.490 e. The van der Waals surface area contributed by atoms with Gasteiger partial charge in [-0.2, -0.15) is 13.9 Å². The van der Waals surface area contributed by atoms with Gasteiger partial charge in [-0.15, -0.1) is 0 Å². The first-order valence-electron chi connectivity index (χ1n) is 7.75. The van der Waals surface area contributed by atoms with Crippen molar-refractivity contribution in [2.75, 3.05) is 11.9 Å². The van der Waals surface area contributed by atoms with Gasteiger partial charge >= 0.3 is 6.61 Å². The van der Waals surface area contributed by atoms with Crippen LogP contribution in [0.15, 0.2) is 24.4 Å². The van der Waals surface area contributed by atoms with E-state index in [1.54, 1.807) is 13.8 Å². The number of carbonyl (C=O) groups excluding carboxylic acids is 2. The highest BCUT2D eigenvalue weighted by Gasteiger charge is 2.19. The SMILES string of the molecule is CCOc1cc(C(=O)Nc2cn(CC)nc2C(N)=O)ccc1OC(F)F. The summed E-state index contributed by atoms with van der Waals surface area (Å²) in [5.41, 5.74) is 5.44. The van der Waals surface area contributed by atoms with E-state index in [1.807, 2.05) is 0 Å². The second-order valence-corrected chi connectivity index (χ2v) is 5.04. The fourth-order valence-corrected chi connectivity index (χ4v) is 2.16. The van der Waals surface area contributed by atoms with Crippen LogP contribution < -0.4 is 20.5 Å². The highest BCUT2D eigenvalue weighted by Crippen LogP contribution is 2.30. The summed E-state index contributed by atoms with van der Waals surface area (Å²) in [6, 6.07) is 3.77. The Morgan fingerprint density at radius 2 is 2.04 bits per heavy atom. The van der Waals surface area contributed by atoms with Gasteiger partial charge in [-0.25, -0.2) is 0 Å². The molecule has 0 atom stereocenters. The van der Waals surface area contributed by atoms with E-state index in [0.717, 1.165) is 0 Å². The lowest BCUT2D eigenvalue weighted by Crippen LogP contribution is -2.18. The molecule has 26 heavy (non-hydrogen) atoms. The molecule has 140 valence electrons. The molecule has 2 rings (SSSR count). The lowest BCUT2D eigenvalue weighted by atomic mass is 10.2. The fourth-order valence-electron chi connectivity index (χ4n) is 2.16. The van der Waals surface area contributed by atoms with Gasteiger partial charge in [0.1, 0.15) is 0 Å². The van der Waals surface area contributed by atoms with Crippen LogP contribution in [-0.4, -0.2) is 34.8 Å². The number of hydrogen-bond acceptors (Lipinski definition) is 5. The zero-order chi connectivity index (χ0) is 19.3. The topological polar surface area (TPSA) is 108 Å². The van der Waals surface area contributed by atoms with Crippen molar-refractivity contribution < 1.29 is 27.8 Å². The van der Waals surface area contributed by atoms with E-state index in [4.69, 9.17) is 10.5 Å². The summed E-state index contributed by atoms with van der Waals surface area (Å²) in [5.74, 6) is -1.56. The van der Waals surface area contributed by atoms with E-state index in [9.17, 15) is 18.4 Å². The number of ether oxygens (including phenoxy) is 2. The van der Waals surface area contributed by atoms with Crippen molar-refractivity contribution in [2.45, 2.75) is 27.0 Å². The Bertz CT molecular complexity index is 808. The first kappa shape index (κ1) is 19.2. The van der Waals surface area contributed by atoms with Crippen LogP contribution >= 0.6 is 0 Å². The van der Waals surface area contributed by atoms with Crippen LogP contribution in [0.2, 0.25) is 0 Å². The molecule has 0 spiro atoms. The Balaban J connectivity index is 2.28. The average molecular weight is 368 g/mol. The molecule has 0 unspecified atom stereocenters. The lowest BCUT2D eigenvalue weighted by Gasteiger charge is -2.12. The smallest absolute Gasteiger partial charge is 0.387 e. The number of hydrogen-bond donors (Lipinski definition) is 2. The van der Waals surface area contributed by atoms with Gasteiger partial charge in [-0.1, -0.05) is 0 Å². The van der Waals surface area contributed by atoms with Crippen LogP contribution in [0.1, 0.15) is 34.7 Å². The molecule has 2 amide bonds. The summed E-state index contributed by atoms with van der Waals surface area (Å²) in [6.07, 6.45) is 1.47. The zero-order valence-electron chi connectivity index (χ0n) is 14.2. The molecule has 0 bridgehead atoms. The van der Waals surface area contributed by atoms with Crippen molar-refractivity contribution in [3.8, 4) is 11.5 Å². The molecule has 0 aliphatic carbocycles. The van der Waals surface area contributed by atoms with Crippen LogP contribution in [0.25, 0.3) is 0 Å². The Labute approximate surface area is 147 Å². The highest BCUT2D eigenvalue weighted by atomic mass is 19.3. The van der Waals surface area contributed by atoms with Gasteiger partial charge in [0.2, 0.25) is 0 Å². The number of nitrogens with zero attached hydrogens (tertiary/aromatic N) is 2. The van der Waals surface area contributed by atoms with E-state index >= 15 is 0 Å². The molecular weight excluding hydrogens is 350 g/mol. The van der Waals surface area contributed by atoms with Crippen LogP contribution in [0.4, 0.5) is 14.5 Å². The molecule has 1 aromatic heterocycles. The molecule has 0 saturated heterocycles. The van der Waals surface area contributed by atoms with Gasteiger partial charge in [0.25, 0.3) is 11.8 Å². The Morgan fingerprint density at radius 3 is 2.62 bits per heavy atom. The molecule has 3 N–H and O–H groups in total. The van der Waals surface area contributed by atoms with Crippen molar-refractivity contribution in [2.24, 2.45) is 5.73 Å². The third-order valence-corrected chi connectivity index (χ3v) is 3.29. The number of alkyl halides is 2. The number of aryl methyl sites for hydroxylation is 1. The number of rotatable bonds is 8. The molecule has 0 aliphatic rings. The summed E-state index contributed by atoms with van der Waals surface area (Å²) in [6.45, 7) is 1.12. The zero-order valence-corrected chi connectivity index (χ0v) is 14.2. The first-order chi connectivity index (χ1) is 12.3. The van der Waals surface area contributed by atoms with Gasteiger partial charge in [0.15, 0.2) is 17.2 Å². The second-order valence-electron chi connectivity index (χ2n) is 5.04. The predicted octanol–water partition coefficient (Wildman–Crippen LogP) is 2.25. The van der Waals surface area contributed by atoms with E-state index in [0.29, 0.717) is 6.54 Å². The number of primary amides is 1. The molecule has 0 aliphatic heterocycles. The Morgan fingerprint density at radius 1 is 1.31 bits per heavy atom. The summed E-state index contributed by atoms with van der Waals surface area (Å²) in [4.78, 5) is 23.9. The minimum absolute atomic E-state index is 0.000159. The fraction of sp³-hybridized carbons (Fsp3) is 0.312. The summed E-state index contributed by atoms with van der Waals surface area (Å²) in [5, 5.41) is 6.49. The van der Waals surface area contributed by atoms with Crippen LogP contribution in [-0.2, 0) is 6.54 Å². The summed E-state index contributed by atoms with van der Waals surface area (Å²) in [7, 11) is 0. The highest BCUT2D eigenvalue weighted by molar-refractivity contribution is 6.08. The van der Waals surface area contributed by atoms with Gasteiger partial charge in [-0.3, -0.25) is 14.3 Å². The third kappa shape index (κ3) is 4.47. The molecule has 0 saturated carbocycles. The number of nitrogens with two attached hydrogens (primary N) is 1.